The van der Waals surface area contributed by atoms with Gasteiger partial charge in [0.1, 0.15) is 0 Å². The van der Waals surface area contributed by atoms with E-state index in [0.29, 0.717) is 0 Å². The number of aryl methyl sites for hydroxylation is 2. The SMILES string of the molecule is CNC(c1ccc2c(c1)CCCC2)c1ccccc1Br. The number of nitrogens with one attached hydrogen (secondary N) is 1. The quantitative estimate of drug-likeness (QED) is 0.865. The van der Waals surface area contributed by atoms with Crippen LogP contribution in [0, 0.1) is 0 Å². The number of fused-ring (bicyclic) bond motifs is 1. The summed E-state index contributed by atoms with van der Waals surface area (Å²) in [4.78, 5) is 0. The summed E-state index contributed by atoms with van der Waals surface area (Å²) in [7, 11) is 2.03. The molecule has 1 nitrogen and oxygen atoms in total. The van der Waals surface area contributed by atoms with Crippen LogP contribution in [0.2, 0.25) is 0 Å². The predicted octanol–water partition coefficient (Wildman–Crippen LogP) is 4.64. The van der Waals surface area contributed by atoms with Crippen LogP contribution >= 0.6 is 15.9 Å². The topological polar surface area (TPSA) is 12.0 Å². The Bertz CT molecular complexity index is 606. The smallest absolute Gasteiger partial charge is 0.0585 e. The third kappa shape index (κ3) is 2.68. The monoisotopic (exact) mass is 329 g/mol. The molecule has 1 aliphatic carbocycles. The Labute approximate surface area is 129 Å². The fourth-order valence-corrected chi connectivity index (χ4v) is 3.66. The molecule has 104 valence electrons. The molecule has 1 N–H and O–H groups in total. The van der Waals surface area contributed by atoms with Crippen molar-refractivity contribution in [1.82, 2.24) is 5.32 Å². The lowest BCUT2D eigenvalue weighted by Gasteiger charge is -2.22. The van der Waals surface area contributed by atoms with E-state index < -0.39 is 0 Å². The number of hydrogen-bond donors (Lipinski definition) is 1. The summed E-state index contributed by atoms with van der Waals surface area (Å²) in [5, 5.41) is 3.45. The third-order valence-electron chi connectivity index (χ3n) is 4.21. The van der Waals surface area contributed by atoms with Crippen LogP contribution in [0.3, 0.4) is 0 Å². The Morgan fingerprint density at radius 2 is 1.75 bits per heavy atom. The van der Waals surface area contributed by atoms with Crippen molar-refractivity contribution in [3.8, 4) is 0 Å². The van der Waals surface area contributed by atoms with Crippen LogP contribution in [-0.2, 0) is 12.8 Å². The molecule has 0 heterocycles. The van der Waals surface area contributed by atoms with Gasteiger partial charge in [0.15, 0.2) is 0 Å². The van der Waals surface area contributed by atoms with E-state index in [1.807, 2.05) is 7.05 Å². The molecule has 0 saturated carbocycles. The first-order valence-electron chi connectivity index (χ1n) is 7.33. The number of benzene rings is 2. The van der Waals surface area contributed by atoms with Crippen LogP contribution in [0.4, 0.5) is 0 Å². The van der Waals surface area contributed by atoms with Gasteiger partial charge in [-0.15, -0.1) is 0 Å². The highest BCUT2D eigenvalue weighted by molar-refractivity contribution is 9.10. The second-order valence-corrected chi connectivity index (χ2v) is 6.33. The molecule has 1 aliphatic rings. The van der Waals surface area contributed by atoms with Crippen molar-refractivity contribution in [3.63, 3.8) is 0 Å². The predicted molar refractivity (Wildman–Crippen MR) is 88.1 cm³/mol. The van der Waals surface area contributed by atoms with Gasteiger partial charge in [-0.25, -0.2) is 0 Å². The van der Waals surface area contributed by atoms with Crippen molar-refractivity contribution in [1.29, 1.82) is 0 Å². The molecule has 0 amide bonds. The van der Waals surface area contributed by atoms with Gasteiger partial charge in [0.25, 0.3) is 0 Å². The van der Waals surface area contributed by atoms with Crippen LogP contribution in [0.1, 0.15) is 41.1 Å². The molecule has 3 rings (SSSR count). The fraction of sp³-hybridized carbons (Fsp3) is 0.333. The van der Waals surface area contributed by atoms with Crippen LogP contribution in [0.15, 0.2) is 46.9 Å². The lowest BCUT2D eigenvalue weighted by Crippen LogP contribution is -2.19. The van der Waals surface area contributed by atoms with Crippen LogP contribution in [0.25, 0.3) is 0 Å². The second-order valence-electron chi connectivity index (χ2n) is 5.48. The molecule has 0 aromatic heterocycles. The fourth-order valence-electron chi connectivity index (χ4n) is 3.14. The van der Waals surface area contributed by atoms with E-state index in [2.05, 4.69) is 63.7 Å². The molecule has 1 atom stereocenters. The Kier molecular flexibility index (Phi) is 4.23. The summed E-state index contributed by atoms with van der Waals surface area (Å²) in [6, 6.07) is 15.7. The molecule has 20 heavy (non-hydrogen) atoms. The Balaban J connectivity index is 1.99. The van der Waals surface area contributed by atoms with Gasteiger partial charge in [-0.05, 0) is 61.1 Å². The molecule has 2 aromatic carbocycles. The van der Waals surface area contributed by atoms with Crippen molar-refractivity contribution in [3.05, 3.63) is 69.2 Å². The van der Waals surface area contributed by atoms with Crippen molar-refractivity contribution in [2.75, 3.05) is 7.05 Å². The van der Waals surface area contributed by atoms with E-state index in [1.54, 1.807) is 11.1 Å². The van der Waals surface area contributed by atoms with Crippen molar-refractivity contribution in [2.24, 2.45) is 0 Å². The first kappa shape index (κ1) is 13.8. The lowest BCUT2D eigenvalue weighted by molar-refractivity contribution is 0.666. The van der Waals surface area contributed by atoms with Crippen molar-refractivity contribution >= 4 is 15.9 Å². The molecule has 0 radical (unpaired) electrons. The zero-order chi connectivity index (χ0) is 13.9. The standard InChI is InChI=1S/C18H20BrN/c1-20-18(16-8-4-5-9-17(16)19)15-11-10-13-6-2-3-7-14(13)12-15/h4-5,8-12,18,20H,2-3,6-7H2,1H3. The maximum Gasteiger partial charge on any atom is 0.0585 e. The van der Waals surface area contributed by atoms with E-state index >= 15 is 0 Å². The highest BCUT2D eigenvalue weighted by Crippen LogP contribution is 2.31. The summed E-state index contributed by atoms with van der Waals surface area (Å²) < 4.78 is 1.16. The molecule has 2 heteroatoms. The molecule has 1 unspecified atom stereocenters. The Hall–Kier alpha value is -1.12. The second kappa shape index (κ2) is 6.11. The molecule has 0 fully saturated rings. The number of halogens is 1. The lowest BCUT2D eigenvalue weighted by atomic mass is 9.88. The molecule has 0 saturated heterocycles. The summed E-state index contributed by atoms with van der Waals surface area (Å²) in [5.74, 6) is 0. The minimum Gasteiger partial charge on any atom is -0.309 e. The Morgan fingerprint density at radius 3 is 2.50 bits per heavy atom. The van der Waals surface area contributed by atoms with E-state index in [0.717, 1.165) is 4.47 Å². The van der Waals surface area contributed by atoms with Gasteiger partial charge in [0, 0.05) is 4.47 Å². The summed E-state index contributed by atoms with van der Waals surface area (Å²) in [6.07, 6.45) is 5.15. The minimum atomic E-state index is 0.248. The highest BCUT2D eigenvalue weighted by atomic mass is 79.9. The summed E-state index contributed by atoms with van der Waals surface area (Å²) >= 11 is 3.67. The Morgan fingerprint density at radius 1 is 1.00 bits per heavy atom. The molecule has 0 bridgehead atoms. The number of rotatable bonds is 3. The summed E-state index contributed by atoms with van der Waals surface area (Å²) in [5.41, 5.74) is 5.74. The van der Waals surface area contributed by atoms with Crippen molar-refractivity contribution < 1.29 is 0 Å². The van der Waals surface area contributed by atoms with Gasteiger partial charge in [-0.3, -0.25) is 0 Å². The first-order valence-corrected chi connectivity index (χ1v) is 8.12. The van der Waals surface area contributed by atoms with E-state index in [1.165, 1.54) is 36.8 Å². The normalized spacial score (nSPS) is 15.7. The molecule has 0 spiro atoms. The largest absolute Gasteiger partial charge is 0.309 e. The van der Waals surface area contributed by atoms with E-state index in [9.17, 15) is 0 Å². The maximum atomic E-state index is 3.67. The van der Waals surface area contributed by atoms with Crippen LogP contribution in [0.5, 0.6) is 0 Å². The zero-order valence-electron chi connectivity index (χ0n) is 11.8. The molecular formula is C18H20BrN. The highest BCUT2D eigenvalue weighted by Gasteiger charge is 2.17. The maximum absolute atomic E-state index is 3.67. The van der Waals surface area contributed by atoms with Gasteiger partial charge in [-0.1, -0.05) is 52.3 Å². The number of hydrogen-bond acceptors (Lipinski definition) is 1. The van der Waals surface area contributed by atoms with Gasteiger partial charge in [0.2, 0.25) is 0 Å². The molecule has 0 aliphatic heterocycles. The van der Waals surface area contributed by atoms with E-state index in [4.69, 9.17) is 0 Å². The van der Waals surface area contributed by atoms with Crippen LogP contribution in [-0.4, -0.2) is 7.05 Å². The third-order valence-corrected chi connectivity index (χ3v) is 4.93. The average Bonchev–Trinajstić information content (AvgIpc) is 2.50. The van der Waals surface area contributed by atoms with E-state index in [-0.39, 0.29) is 6.04 Å². The minimum absolute atomic E-state index is 0.248. The van der Waals surface area contributed by atoms with Gasteiger partial charge >= 0.3 is 0 Å². The van der Waals surface area contributed by atoms with Gasteiger partial charge in [0.05, 0.1) is 6.04 Å². The zero-order valence-corrected chi connectivity index (χ0v) is 13.4. The van der Waals surface area contributed by atoms with Crippen molar-refractivity contribution in [2.45, 2.75) is 31.7 Å². The van der Waals surface area contributed by atoms with Gasteiger partial charge < -0.3 is 5.32 Å². The first-order chi connectivity index (χ1) is 9.79. The molecule has 2 aromatic rings. The van der Waals surface area contributed by atoms with Crippen LogP contribution < -0.4 is 5.32 Å². The molecular weight excluding hydrogens is 310 g/mol. The summed E-state index contributed by atoms with van der Waals surface area (Å²) in [6.45, 7) is 0. The average molecular weight is 330 g/mol. The van der Waals surface area contributed by atoms with Gasteiger partial charge in [-0.2, -0.15) is 0 Å².